The van der Waals surface area contributed by atoms with E-state index >= 15 is 8.78 Å². The summed E-state index contributed by atoms with van der Waals surface area (Å²) in [4.78, 5) is 61.8. The number of nitrogens with zero attached hydrogens (tertiary/aromatic N) is 5. The van der Waals surface area contributed by atoms with Gasteiger partial charge in [-0.15, -0.1) is 0 Å². The first-order chi connectivity index (χ1) is 30.2. The number of nitrogens with one attached hydrogen (secondary N) is 1. The van der Waals surface area contributed by atoms with Crippen LogP contribution in [0.2, 0.25) is 0 Å². The molecule has 0 saturated carbocycles. The van der Waals surface area contributed by atoms with Crippen molar-refractivity contribution in [3.8, 4) is 5.75 Å². The summed E-state index contributed by atoms with van der Waals surface area (Å²) in [5.74, 6) is -0.157. The van der Waals surface area contributed by atoms with E-state index in [4.69, 9.17) is 38.0 Å². The predicted molar refractivity (Wildman–Crippen MR) is 223 cm³/mol. The molecule has 3 saturated heterocycles. The fourth-order valence-corrected chi connectivity index (χ4v) is 11.7. The van der Waals surface area contributed by atoms with E-state index in [2.05, 4.69) is 21.9 Å². The molecule has 7 rings (SSSR count). The van der Waals surface area contributed by atoms with E-state index in [0.717, 1.165) is 37.9 Å². The topological polar surface area (TPSA) is 261 Å². The largest absolute Gasteiger partial charge is 0.472 e. The SMILES string of the molecule is CCCCCCCCCCCC(=O)Oc1ccc(CSP2(=O)OC[C@H]3O[C@@H](n4cnc5c(N)ncnc54)[C@H](F)[C@@H]3OP(=O)(O)OC[C@H]3O[C@@H](n4ccc(=O)[nH]c4=O)[C@H](F)[C@@H]3O2)cc1. The summed E-state index contributed by atoms with van der Waals surface area (Å²) in [7, 11) is -5.22. The number of hydrogen-bond donors (Lipinski definition) is 3. The number of aromatic nitrogens is 6. The number of carbonyl (C=O) groups excluding carboxylic acids is 1. The zero-order chi connectivity index (χ0) is 44.7. The Balaban J connectivity index is 1.07. The molecule has 0 amide bonds. The molecule has 0 radical (unpaired) electrons. The number of phosphoric acid groups is 1. The number of nitrogens with two attached hydrogens (primary N) is 1. The second-order valence-corrected chi connectivity index (χ2v) is 20.7. The lowest BCUT2D eigenvalue weighted by molar-refractivity contribution is -0.134. The monoisotopic (exact) mass is 943 g/mol. The normalized spacial score (nSPS) is 30.0. The summed E-state index contributed by atoms with van der Waals surface area (Å²) < 4.78 is 102. The Hall–Kier alpha value is -3.89. The van der Waals surface area contributed by atoms with Gasteiger partial charge in [0, 0.05) is 24.4 Å². The quantitative estimate of drug-likeness (QED) is 0.0488. The number of anilines is 1. The lowest BCUT2D eigenvalue weighted by atomic mass is 10.1. The van der Waals surface area contributed by atoms with E-state index in [1.165, 1.54) is 43.0 Å². The van der Waals surface area contributed by atoms with Gasteiger partial charge < -0.3 is 24.8 Å². The van der Waals surface area contributed by atoms with Crippen LogP contribution in [0.1, 0.15) is 89.2 Å². The standard InChI is InChI=1S/C38H49F2N7O13P2S/c1-2-3-4-5-6-7-8-9-10-11-28(49)56-24-14-12-23(13-15-24)20-63-62(53)55-19-26-32(29(39)37(58-26)47-22-44-31-34(41)42-21-43-35(31)47)59-61(51,52)54-18-25-33(60-62)30(40)36(57-25)46-17-16-27(48)45-38(46)50/h12-17,21-22,25-26,29-30,32-33,36-37H,2-11,18-20H2,1H3,(H,51,52)(H2,41,42,43)(H,45,48,50)/t25-,26-,29-,30-,32-,33-,36-,37-,62?/m1/s1. The lowest BCUT2D eigenvalue weighted by Crippen LogP contribution is -2.38. The fraction of sp³-hybridized carbons (Fsp3) is 0.579. The molecule has 4 N–H and O–H groups in total. The Kier molecular flexibility index (Phi) is 15.7. The van der Waals surface area contributed by atoms with Crippen molar-refractivity contribution in [1.82, 2.24) is 29.1 Å². The van der Waals surface area contributed by atoms with Gasteiger partial charge in [-0.1, -0.05) is 70.4 Å². The second kappa shape index (κ2) is 21.0. The van der Waals surface area contributed by atoms with Crippen LogP contribution in [0.25, 0.3) is 11.2 Å². The van der Waals surface area contributed by atoms with Gasteiger partial charge in [-0.25, -0.2) is 37.7 Å². The van der Waals surface area contributed by atoms with Crippen LogP contribution in [0.5, 0.6) is 5.75 Å². The molecule has 25 heteroatoms. The van der Waals surface area contributed by atoms with E-state index in [1.54, 1.807) is 24.3 Å². The molecule has 0 spiro atoms. The average molecular weight is 944 g/mol. The predicted octanol–water partition coefficient (Wildman–Crippen LogP) is 6.22. The van der Waals surface area contributed by atoms with Gasteiger partial charge >= 0.3 is 26.3 Å². The number of esters is 1. The number of imidazole rings is 1. The second-order valence-electron chi connectivity index (χ2n) is 15.2. The number of unbranched alkanes of at least 4 members (excludes halogenated alkanes) is 8. The molecule has 3 aromatic heterocycles. The number of H-pyrrole nitrogens is 1. The summed E-state index contributed by atoms with van der Waals surface area (Å²) >= 11 is 0.620. The summed E-state index contributed by atoms with van der Waals surface area (Å²) in [6.07, 6.45) is -1.33. The molecule has 10 atom stereocenters. The minimum absolute atomic E-state index is 0.00630. The minimum atomic E-state index is -5.22. The fourth-order valence-electron chi connectivity index (χ4n) is 7.37. The molecule has 20 nitrogen and oxygen atoms in total. The van der Waals surface area contributed by atoms with E-state index in [0.29, 0.717) is 33.7 Å². The van der Waals surface area contributed by atoms with Gasteiger partial charge in [0.05, 0.1) is 19.5 Å². The number of aromatic amines is 1. The summed E-state index contributed by atoms with van der Waals surface area (Å²) in [6.45, 7) is -4.15. The molecule has 2 unspecified atom stereocenters. The third-order valence-electron chi connectivity index (χ3n) is 10.7. The number of phosphoric ester groups is 1. The van der Waals surface area contributed by atoms with Crippen LogP contribution in [0.3, 0.4) is 0 Å². The number of fused-ring (bicyclic) bond motifs is 3. The molecule has 6 heterocycles. The first-order valence-electron chi connectivity index (χ1n) is 20.6. The van der Waals surface area contributed by atoms with Crippen molar-refractivity contribution < 1.29 is 59.9 Å². The number of benzene rings is 1. The third kappa shape index (κ3) is 11.7. The number of ether oxygens (including phenoxy) is 3. The molecule has 1 aromatic carbocycles. The van der Waals surface area contributed by atoms with E-state index in [9.17, 15) is 28.4 Å². The Labute approximate surface area is 363 Å². The molecule has 3 fully saturated rings. The highest BCUT2D eigenvalue weighted by atomic mass is 32.7. The van der Waals surface area contributed by atoms with Crippen LogP contribution in [-0.4, -0.2) is 89.9 Å². The molecule has 3 aliphatic heterocycles. The Morgan fingerprint density at radius 3 is 2.21 bits per heavy atom. The van der Waals surface area contributed by atoms with Crippen molar-refractivity contribution in [3.63, 3.8) is 0 Å². The molecule has 63 heavy (non-hydrogen) atoms. The van der Waals surface area contributed by atoms with Crippen LogP contribution in [-0.2, 0) is 47.2 Å². The van der Waals surface area contributed by atoms with Gasteiger partial charge in [0.1, 0.15) is 42.0 Å². The number of rotatable bonds is 16. The van der Waals surface area contributed by atoms with Crippen molar-refractivity contribution in [2.45, 2.75) is 126 Å². The number of hydrogen-bond acceptors (Lipinski definition) is 17. The van der Waals surface area contributed by atoms with Gasteiger partial charge in [-0.05, 0) is 35.5 Å². The van der Waals surface area contributed by atoms with E-state index < -0.39 is 88.3 Å². The maximum Gasteiger partial charge on any atom is 0.472 e. The van der Waals surface area contributed by atoms with Crippen molar-refractivity contribution in [2.75, 3.05) is 18.9 Å². The first kappa shape index (κ1) is 47.1. The van der Waals surface area contributed by atoms with Gasteiger partial charge in [-0.2, -0.15) is 0 Å². The molecule has 3 aliphatic rings. The Morgan fingerprint density at radius 1 is 0.889 bits per heavy atom. The smallest absolute Gasteiger partial charge is 0.427 e. The van der Waals surface area contributed by atoms with Crippen LogP contribution in [0.4, 0.5) is 14.6 Å². The zero-order valence-electron chi connectivity index (χ0n) is 34.1. The molecule has 0 bridgehead atoms. The lowest BCUT2D eigenvalue weighted by Gasteiger charge is -2.29. The number of carbonyl (C=O) groups is 1. The first-order valence-corrected chi connectivity index (χ1v) is 25.2. The Morgan fingerprint density at radius 2 is 1.52 bits per heavy atom. The van der Waals surface area contributed by atoms with Crippen molar-refractivity contribution in [1.29, 1.82) is 0 Å². The van der Waals surface area contributed by atoms with E-state index in [1.807, 2.05) is 4.98 Å². The molecular formula is C38H49F2N7O13P2S. The van der Waals surface area contributed by atoms with Crippen LogP contribution < -0.4 is 21.7 Å². The maximum atomic E-state index is 16.4. The zero-order valence-corrected chi connectivity index (χ0v) is 36.8. The van der Waals surface area contributed by atoms with E-state index in [-0.39, 0.29) is 35.1 Å². The maximum absolute atomic E-state index is 16.4. The number of halogens is 2. The summed E-state index contributed by atoms with van der Waals surface area (Å²) in [5.41, 5.74) is 4.82. The number of alkyl halides is 2. The Bertz CT molecular complexity index is 2410. The van der Waals surface area contributed by atoms with Gasteiger partial charge in [0.15, 0.2) is 36.3 Å². The summed E-state index contributed by atoms with van der Waals surface area (Å²) in [5, 5.41) is 0. The highest BCUT2D eigenvalue weighted by Crippen LogP contribution is 2.65. The van der Waals surface area contributed by atoms with Gasteiger partial charge in [0.25, 0.3) is 5.56 Å². The number of nitrogen functional groups attached to an aromatic ring is 1. The summed E-state index contributed by atoms with van der Waals surface area (Å²) in [6, 6.07) is 7.31. The van der Waals surface area contributed by atoms with Crippen LogP contribution in [0, 0.1) is 0 Å². The molecule has 0 aliphatic carbocycles. The van der Waals surface area contributed by atoms with Gasteiger partial charge in [0.2, 0.25) is 0 Å². The molecular weight excluding hydrogens is 894 g/mol. The minimum Gasteiger partial charge on any atom is -0.427 e. The average Bonchev–Trinajstić information content (AvgIpc) is 3.91. The van der Waals surface area contributed by atoms with Crippen molar-refractivity contribution >= 4 is 49.0 Å². The van der Waals surface area contributed by atoms with Gasteiger partial charge in [-0.3, -0.25) is 41.8 Å². The van der Waals surface area contributed by atoms with Crippen LogP contribution in [0.15, 0.2) is 58.8 Å². The van der Waals surface area contributed by atoms with Crippen molar-refractivity contribution in [3.05, 3.63) is 75.6 Å². The highest BCUT2D eigenvalue weighted by Gasteiger charge is 2.55. The molecule has 344 valence electrons. The third-order valence-corrected chi connectivity index (χ3v) is 15.3. The highest BCUT2D eigenvalue weighted by molar-refractivity contribution is 8.54. The van der Waals surface area contributed by atoms with Crippen molar-refractivity contribution in [2.24, 2.45) is 0 Å². The molecule has 4 aromatic rings. The van der Waals surface area contributed by atoms with Crippen LogP contribution >= 0.6 is 26.0 Å².